The van der Waals surface area contributed by atoms with Gasteiger partial charge in [0.05, 0.1) is 0 Å². The van der Waals surface area contributed by atoms with Crippen LogP contribution < -0.4 is 4.90 Å². The van der Waals surface area contributed by atoms with Gasteiger partial charge in [0, 0.05) is 38.6 Å². The van der Waals surface area contributed by atoms with E-state index in [4.69, 9.17) is 8.83 Å². The number of hydrogen-bond donors (Lipinski definition) is 0. The molecular formula is C48H31NO2. The van der Waals surface area contributed by atoms with Crippen molar-refractivity contribution in [2.24, 2.45) is 0 Å². The van der Waals surface area contributed by atoms with E-state index in [1.54, 1.807) is 0 Å². The van der Waals surface area contributed by atoms with Crippen molar-refractivity contribution in [1.82, 2.24) is 0 Å². The lowest BCUT2D eigenvalue weighted by molar-refractivity contribution is 0.668. The first-order valence-corrected chi connectivity index (χ1v) is 17.2. The molecule has 51 heavy (non-hydrogen) atoms. The first kappa shape index (κ1) is 29.1. The highest BCUT2D eigenvalue weighted by Gasteiger charge is 2.16. The molecule has 0 fully saturated rings. The van der Waals surface area contributed by atoms with E-state index in [2.05, 4.69) is 169 Å². The van der Waals surface area contributed by atoms with E-state index in [0.717, 1.165) is 66.5 Å². The molecule has 3 nitrogen and oxygen atoms in total. The van der Waals surface area contributed by atoms with Crippen molar-refractivity contribution in [3.8, 4) is 33.4 Å². The van der Waals surface area contributed by atoms with Crippen LogP contribution in [0.3, 0.4) is 0 Å². The molecule has 0 atom stereocenters. The number of anilines is 3. The van der Waals surface area contributed by atoms with Gasteiger partial charge in [-0.1, -0.05) is 121 Å². The molecule has 0 unspecified atom stereocenters. The molecule has 10 aromatic rings. The minimum absolute atomic E-state index is 0.885. The SMILES string of the molecule is c1ccc(-c2ccc(N(c3ccc(-c4ccc(-c5ccc6oc7ccccc7c6c5)cc4)cc3)c3ccc4oc5ccccc5c4c3)cc2)cc1. The second-order valence-corrected chi connectivity index (χ2v) is 13.0. The Labute approximate surface area is 295 Å². The fourth-order valence-electron chi connectivity index (χ4n) is 7.30. The Bertz CT molecular complexity index is 2830. The Balaban J connectivity index is 1.00. The number of fused-ring (bicyclic) bond motifs is 6. The van der Waals surface area contributed by atoms with Gasteiger partial charge in [-0.05, 0) is 100 Å². The number of nitrogens with zero attached hydrogens (tertiary/aromatic N) is 1. The van der Waals surface area contributed by atoms with Crippen LogP contribution in [0.1, 0.15) is 0 Å². The van der Waals surface area contributed by atoms with Crippen molar-refractivity contribution in [2.45, 2.75) is 0 Å². The fraction of sp³-hybridized carbons (Fsp3) is 0. The van der Waals surface area contributed by atoms with E-state index in [9.17, 15) is 0 Å². The number of furan rings is 2. The second-order valence-electron chi connectivity index (χ2n) is 13.0. The van der Waals surface area contributed by atoms with Crippen LogP contribution in [0, 0.1) is 0 Å². The number of rotatable bonds is 6. The molecule has 0 aliphatic heterocycles. The Morgan fingerprint density at radius 3 is 1.20 bits per heavy atom. The average Bonchev–Trinajstić information content (AvgIpc) is 3.77. The van der Waals surface area contributed by atoms with Crippen molar-refractivity contribution in [2.75, 3.05) is 4.90 Å². The smallest absolute Gasteiger partial charge is 0.135 e. The van der Waals surface area contributed by atoms with Crippen molar-refractivity contribution >= 4 is 60.9 Å². The zero-order valence-corrected chi connectivity index (χ0v) is 27.7. The van der Waals surface area contributed by atoms with E-state index in [-0.39, 0.29) is 0 Å². The van der Waals surface area contributed by atoms with Crippen LogP contribution in [0.15, 0.2) is 197 Å². The quantitative estimate of drug-likeness (QED) is 0.179. The van der Waals surface area contributed by atoms with Gasteiger partial charge in [-0.3, -0.25) is 0 Å². The standard InChI is InChI=1S/C48H31NO2/c1-2-8-32(9-3-1)34-18-23-38(24-19-34)49(40-27-29-48-44(31-40)42-11-5-7-13-46(42)51-48)39-25-20-35(21-26-39)33-14-16-36(17-15-33)37-22-28-47-43(30-37)41-10-4-6-12-45(41)50-47/h1-31H. The van der Waals surface area contributed by atoms with E-state index < -0.39 is 0 Å². The molecule has 0 N–H and O–H groups in total. The molecule has 2 aromatic heterocycles. The summed E-state index contributed by atoms with van der Waals surface area (Å²) in [5.41, 5.74) is 13.9. The van der Waals surface area contributed by atoms with Crippen LogP contribution in [-0.2, 0) is 0 Å². The maximum atomic E-state index is 6.17. The third-order valence-corrected chi connectivity index (χ3v) is 9.90. The summed E-state index contributed by atoms with van der Waals surface area (Å²) in [6.45, 7) is 0. The topological polar surface area (TPSA) is 29.5 Å². The lowest BCUT2D eigenvalue weighted by Gasteiger charge is -2.26. The molecule has 0 radical (unpaired) electrons. The summed E-state index contributed by atoms with van der Waals surface area (Å²) < 4.78 is 12.2. The third kappa shape index (κ3) is 5.15. The predicted molar refractivity (Wildman–Crippen MR) is 212 cm³/mol. The molecular weight excluding hydrogens is 623 g/mol. The second kappa shape index (κ2) is 11.9. The maximum absolute atomic E-state index is 6.17. The van der Waals surface area contributed by atoms with E-state index >= 15 is 0 Å². The number of hydrogen-bond acceptors (Lipinski definition) is 3. The van der Waals surface area contributed by atoms with Gasteiger partial charge in [-0.15, -0.1) is 0 Å². The summed E-state index contributed by atoms with van der Waals surface area (Å²) >= 11 is 0. The molecule has 0 saturated carbocycles. The molecule has 0 amide bonds. The first-order valence-electron chi connectivity index (χ1n) is 17.2. The van der Waals surface area contributed by atoms with Crippen molar-refractivity contribution in [3.05, 3.63) is 188 Å². The van der Waals surface area contributed by atoms with Gasteiger partial charge in [0.2, 0.25) is 0 Å². The molecule has 0 bridgehead atoms. The Morgan fingerprint density at radius 1 is 0.255 bits per heavy atom. The molecule has 0 spiro atoms. The van der Waals surface area contributed by atoms with E-state index in [0.29, 0.717) is 0 Å². The van der Waals surface area contributed by atoms with Crippen LogP contribution in [0.5, 0.6) is 0 Å². The van der Waals surface area contributed by atoms with Crippen molar-refractivity contribution in [3.63, 3.8) is 0 Å². The maximum Gasteiger partial charge on any atom is 0.135 e. The third-order valence-electron chi connectivity index (χ3n) is 9.90. The zero-order valence-electron chi connectivity index (χ0n) is 27.7. The van der Waals surface area contributed by atoms with Crippen LogP contribution in [0.4, 0.5) is 17.1 Å². The van der Waals surface area contributed by atoms with E-state index in [1.807, 2.05) is 24.3 Å². The largest absolute Gasteiger partial charge is 0.456 e. The summed E-state index contributed by atoms with van der Waals surface area (Å²) in [7, 11) is 0. The number of benzene rings is 8. The molecule has 8 aromatic carbocycles. The molecule has 2 heterocycles. The highest BCUT2D eigenvalue weighted by Crippen LogP contribution is 2.40. The molecule has 0 aliphatic rings. The van der Waals surface area contributed by atoms with Gasteiger partial charge in [-0.25, -0.2) is 0 Å². The van der Waals surface area contributed by atoms with Crippen molar-refractivity contribution in [1.29, 1.82) is 0 Å². The number of para-hydroxylation sites is 2. The normalized spacial score (nSPS) is 11.5. The van der Waals surface area contributed by atoms with Crippen LogP contribution >= 0.6 is 0 Å². The van der Waals surface area contributed by atoms with Gasteiger partial charge in [0.15, 0.2) is 0 Å². The van der Waals surface area contributed by atoms with Gasteiger partial charge >= 0.3 is 0 Å². The highest BCUT2D eigenvalue weighted by molar-refractivity contribution is 6.07. The fourth-order valence-corrected chi connectivity index (χ4v) is 7.30. The minimum Gasteiger partial charge on any atom is -0.456 e. The van der Waals surface area contributed by atoms with Crippen molar-refractivity contribution < 1.29 is 8.83 Å². The van der Waals surface area contributed by atoms with Gasteiger partial charge < -0.3 is 13.7 Å². The summed E-state index contributed by atoms with van der Waals surface area (Å²) in [5, 5.41) is 4.50. The Morgan fingerprint density at radius 2 is 0.627 bits per heavy atom. The Hall–Kier alpha value is -6.84. The van der Waals surface area contributed by atoms with Gasteiger partial charge in [0.25, 0.3) is 0 Å². The summed E-state index contributed by atoms with van der Waals surface area (Å²) in [6, 6.07) is 66.4. The minimum atomic E-state index is 0.885. The summed E-state index contributed by atoms with van der Waals surface area (Å²) in [6.07, 6.45) is 0. The molecule has 0 saturated heterocycles. The van der Waals surface area contributed by atoms with Gasteiger partial charge in [0.1, 0.15) is 22.3 Å². The predicted octanol–water partition coefficient (Wildman–Crippen LogP) is 14.0. The van der Waals surface area contributed by atoms with Gasteiger partial charge in [-0.2, -0.15) is 0 Å². The lowest BCUT2D eigenvalue weighted by atomic mass is 9.99. The van der Waals surface area contributed by atoms with Crippen LogP contribution in [-0.4, -0.2) is 0 Å². The average molecular weight is 654 g/mol. The monoisotopic (exact) mass is 653 g/mol. The van der Waals surface area contributed by atoms with Crippen LogP contribution in [0.2, 0.25) is 0 Å². The zero-order chi connectivity index (χ0) is 33.7. The van der Waals surface area contributed by atoms with E-state index in [1.165, 1.54) is 27.8 Å². The van der Waals surface area contributed by atoms with Crippen LogP contribution in [0.25, 0.3) is 77.3 Å². The summed E-state index contributed by atoms with van der Waals surface area (Å²) in [5.74, 6) is 0. The highest BCUT2D eigenvalue weighted by atomic mass is 16.3. The first-order chi connectivity index (χ1) is 25.2. The molecule has 0 aliphatic carbocycles. The summed E-state index contributed by atoms with van der Waals surface area (Å²) in [4.78, 5) is 2.32. The Kier molecular flexibility index (Phi) is 6.81. The molecule has 3 heteroatoms. The molecule has 240 valence electrons. The lowest BCUT2D eigenvalue weighted by Crippen LogP contribution is -2.09. The molecule has 10 rings (SSSR count).